The molecule has 1 heterocycles. The largest absolute Gasteiger partial charge is 0.550 e. The smallest absolute Gasteiger partial charge is 0.228 e. The Balaban J connectivity index is 1.61. The van der Waals surface area contributed by atoms with Crippen molar-refractivity contribution in [1.29, 1.82) is 0 Å². The molecular weight excluding hydrogens is 304 g/mol. The van der Waals surface area contributed by atoms with Gasteiger partial charge in [0.15, 0.2) is 0 Å². The molecule has 0 saturated carbocycles. The monoisotopic (exact) mass is 323 g/mol. The minimum Gasteiger partial charge on any atom is -0.550 e. The van der Waals surface area contributed by atoms with Gasteiger partial charge in [0.25, 0.3) is 0 Å². The number of hydrogen-bond acceptors (Lipinski definition) is 4. The highest BCUT2D eigenvalue weighted by Gasteiger charge is 2.21. The topological polar surface area (TPSA) is 63.7 Å². The second-order valence-electron chi connectivity index (χ2n) is 5.83. The van der Waals surface area contributed by atoms with E-state index in [-0.39, 0.29) is 5.91 Å². The number of benzene rings is 2. The van der Waals surface area contributed by atoms with Crippen molar-refractivity contribution in [2.24, 2.45) is 0 Å². The predicted octanol–water partition coefficient (Wildman–Crippen LogP) is 1.14. The minimum atomic E-state index is -1.32. The van der Waals surface area contributed by atoms with E-state index in [1.54, 1.807) is 4.90 Å². The van der Waals surface area contributed by atoms with Crippen LogP contribution in [0, 0.1) is 0 Å². The van der Waals surface area contributed by atoms with Gasteiger partial charge in [-0.2, -0.15) is 0 Å². The summed E-state index contributed by atoms with van der Waals surface area (Å²) < 4.78 is 0. The lowest BCUT2D eigenvalue weighted by atomic mass is 10.1. The Morgan fingerprint density at radius 1 is 0.833 bits per heavy atom. The molecule has 2 aromatic rings. The summed E-state index contributed by atoms with van der Waals surface area (Å²) in [5, 5.41) is 10.5. The van der Waals surface area contributed by atoms with E-state index in [9.17, 15) is 14.7 Å². The highest BCUT2D eigenvalue weighted by atomic mass is 16.4. The SMILES string of the molecule is O=C([O-])CC(=O)N1CCN(c2ccc(-c3ccccc3)cc2)CC1. The van der Waals surface area contributed by atoms with Crippen molar-refractivity contribution in [3.63, 3.8) is 0 Å². The molecule has 0 aliphatic carbocycles. The van der Waals surface area contributed by atoms with Crippen LogP contribution in [0.2, 0.25) is 0 Å². The van der Waals surface area contributed by atoms with Crippen molar-refractivity contribution in [1.82, 2.24) is 4.90 Å². The van der Waals surface area contributed by atoms with Crippen LogP contribution in [0.15, 0.2) is 54.6 Å². The zero-order valence-corrected chi connectivity index (χ0v) is 13.4. The molecule has 0 N–H and O–H groups in total. The average molecular weight is 323 g/mol. The van der Waals surface area contributed by atoms with Crippen LogP contribution in [-0.4, -0.2) is 43.0 Å². The van der Waals surface area contributed by atoms with Crippen molar-refractivity contribution >= 4 is 17.6 Å². The molecule has 0 atom stereocenters. The quantitative estimate of drug-likeness (QED) is 0.792. The highest BCUT2D eigenvalue weighted by molar-refractivity contribution is 5.92. The molecule has 0 radical (unpaired) electrons. The Labute approximate surface area is 141 Å². The van der Waals surface area contributed by atoms with Crippen LogP contribution in [0.5, 0.6) is 0 Å². The van der Waals surface area contributed by atoms with Crippen molar-refractivity contribution < 1.29 is 14.7 Å². The number of piperazine rings is 1. The first-order valence-electron chi connectivity index (χ1n) is 8.01. The maximum atomic E-state index is 11.7. The number of amides is 1. The van der Waals surface area contributed by atoms with Gasteiger partial charge < -0.3 is 19.7 Å². The molecule has 24 heavy (non-hydrogen) atoms. The molecule has 0 spiro atoms. The minimum absolute atomic E-state index is 0.367. The molecule has 1 saturated heterocycles. The first-order chi connectivity index (χ1) is 11.6. The second-order valence-corrected chi connectivity index (χ2v) is 5.83. The van der Waals surface area contributed by atoms with E-state index >= 15 is 0 Å². The molecule has 0 bridgehead atoms. The zero-order chi connectivity index (χ0) is 16.9. The maximum absolute atomic E-state index is 11.7. The number of aliphatic carboxylic acids is 1. The van der Waals surface area contributed by atoms with Crippen LogP contribution in [0.1, 0.15) is 6.42 Å². The van der Waals surface area contributed by atoms with E-state index in [0.29, 0.717) is 26.2 Å². The fraction of sp³-hybridized carbons (Fsp3) is 0.263. The fourth-order valence-electron chi connectivity index (χ4n) is 2.94. The maximum Gasteiger partial charge on any atom is 0.228 e. The summed E-state index contributed by atoms with van der Waals surface area (Å²) in [5.41, 5.74) is 3.46. The summed E-state index contributed by atoms with van der Waals surface area (Å²) >= 11 is 0. The van der Waals surface area contributed by atoms with Crippen molar-refractivity contribution in [2.45, 2.75) is 6.42 Å². The van der Waals surface area contributed by atoms with Gasteiger partial charge in [0.05, 0.1) is 12.4 Å². The lowest BCUT2D eigenvalue weighted by molar-refractivity contribution is -0.304. The number of rotatable bonds is 4. The molecule has 1 aliphatic rings. The number of nitrogens with zero attached hydrogens (tertiary/aromatic N) is 2. The number of carboxylic acids is 1. The van der Waals surface area contributed by atoms with Crippen LogP contribution >= 0.6 is 0 Å². The third kappa shape index (κ3) is 3.74. The Morgan fingerprint density at radius 2 is 1.42 bits per heavy atom. The molecule has 2 aromatic carbocycles. The van der Waals surface area contributed by atoms with Gasteiger partial charge in [0, 0.05) is 31.9 Å². The normalized spacial score (nSPS) is 14.5. The molecule has 1 fully saturated rings. The summed E-state index contributed by atoms with van der Waals surface area (Å²) in [6.45, 7) is 2.46. The number of carboxylic acid groups (broad SMARTS) is 1. The van der Waals surface area contributed by atoms with Crippen molar-refractivity contribution in [2.75, 3.05) is 31.1 Å². The van der Waals surface area contributed by atoms with E-state index in [1.807, 2.05) is 18.2 Å². The first kappa shape index (κ1) is 16.1. The Hall–Kier alpha value is -2.82. The van der Waals surface area contributed by atoms with E-state index < -0.39 is 12.4 Å². The molecule has 5 nitrogen and oxygen atoms in total. The van der Waals surface area contributed by atoms with Crippen LogP contribution in [0.4, 0.5) is 5.69 Å². The van der Waals surface area contributed by atoms with Crippen LogP contribution in [0.25, 0.3) is 11.1 Å². The van der Waals surface area contributed by atoms with Crippen molar-refractivity contribution in [3.05, 3.63) is 54.6 Å². The fourth-order valence-corrected chi connectivity index (χ4v) is 2.94. The zero-order valence-electron chi connectivity index (χ0n) is 13.4. The Kier molecular flexibility index (Phi) is 4.79. The van der Waals surface area contributed by atoms with Gasteiger partial charge in [-0.15, -0.1) is 0 Å². The summed E-state index contributed by atoms with van der Waals surface area (Å²) in [5.74, 6) is -1.69. The van der Waals surface area contributed by atoms with E-state index in [2.05, 4.69) is 41.3 Å². The Bertz CT molecular complexity index is 705. The van der Waals surface area contributed by atoms with Gasteiger partial charge in [-0.05, 0) is 23.3 Å². The lowest BCUT2D eigenvalue weighted by Gasteiger charge is -2.36. The van der Waals surface area contributed by atoms with Gasteiger partial charge >= 0.3 is 0 Å². The standard InChI is InChI=1S/C19H20N2O3/c22-18(14-19(23)24)21-12-10-20(11-13-21)17-8-6-16(7-9-17)15-4-2-1-3-5-15/h1-9H,10-14H2,(H,23,24)/p-1. The van der Waals surface area contributed by atoms with Gasteiger partial charge in [0.2, 0.25) is 5.91 Å². The highest BCUT2D eigenvalue weighted by Crippen LogP contribution is 2.23. The van der Waals surface area contributed by atoms with E-state index in [1.165, 1.54) is 11.1 Å². The Morgan fingerprint density at radius 3 is 2.00 bits per heavy atom. The van der Waals surface area contributed by atoms with Crippen LogP contribution in [0.3, 0.4) is 0 Å². The predicted molar refractivity (Wildman–Crippen MR) is 90.3 cm³/mol. The third-order valence-electron chi connectivity index (χ3n) is 4.27. The van der Waals surface area contributed by atoms with Gasteiger partial charge in [-0.3, -0.25) is 4.79 Å². The van der Waals surface area contributed by atoms with Crippen LogP contribution in [-0.2, 0) is 9.59 Å². The molecule has 0 aromatic heterocycles. The van der Waals surface area contributed by atoms with Crippen LogP contribution < -0.4 is 10.0 Å². The molecule has 1 amide bonds. The second kappa shape index (κ2) is 7.17. The summed E-state index contributed by atoms with van der Waals surface area (Å²) in [6, 6.07) is 18.6. The number of anilines is 1. The molecule has 124 valence electrons. The third-order valence-corrected chi connectivity index (χ3v) is 4.27. The first-order valence-corrected chi connectivity index (χ1v) is 8.01. The summed E-state index contributed by atoms with van der Waals surface area (Å²) in [6.07, 6.45) is -0.536. The van der Waals surface area contributed by atoms with E-state index in [4.69, 9.17) is 0 Å². The molecule has 0 unspecified atom stereocenters. The molecule has 3 rings (SSSR count). The molecular formula is C19H19N2O3-. The molecule has 1 aliphatic heterocycles. The summed E-state index contributed by atoms with van der Waals surface area (Å²) in [7, 11) is 0. The van der Waals surface area contributed by atoms with Crippen molar-refractivity contribution in [3.8, 4) is 11.1 Å². The number of hydrogen-bond donors (Lipinski definition) is 0. The summed E-state index contributed by atoms with van der Waals surface area (Å²) in [4.78, 5) is 26.1. The van der Waals surface area contributed by atoms with Gasteiger partial charge in [-0.25, -0.2) is 0 Å². The number of carbonyl (C=O) groups excluding carboxylic acids is 2. The molecule has 5 heteroatoms. The van der Waals surface area contributed by atoms with Gasteiger partial charge in [0.1, 0.15) is 0 Å². The van der Waals surface area contributed by atoms with Gasteiger partial charge in [-0.1, -0.05) is 42.5 Å². The lowest BCUT2D eigenvalue weighted by Crippen LogP contribution is -2.49. The van der Waals surface area contributed by atoms with E-state index in [0.717, 1.165) is 5.69 Å². The average Bonchev–Trinajstić information content (AvgIpc) is 2.62. The number of carbonyl (C=O) groups is 2.